The summed E-state index contributed by atoms with van der Waals surface area (Å²) in [5.74, 6) is -0.224. The van der Waals surface area contributed by atoms with Gasteiger partial charge in [-0.2, -0.15) is 0 Å². The van der Waals surface area contributed by atoms with E-state index in [9.17, 15) is 4.79 Å². The van der Waals surface area contributed by atoms with E-state index in [2.05, 4.69) is 11.9 Å². The van der Waals surface area contributed by atoms with Gasteiger partial charge < -0.3 is 10.1 Å². The number of nitrogens with one attached hydrogen (secondary N) is 1. The van der Waals surface area contributed by atoms with Crippen molar-refractivity contribution in [1.29, 1.82) is 0 Å². The molecule has 0 bridgehead atoms. The fraction of sp³-hybridized carbons (Fsp3) is 0.357. The zero-order valence-corrected chi connectivity index (χ0v) is 10.2. The van der Waals surface area contributed by atoms with Gasteiger partial charge in [0.2, 0.25) is 0 Å². The molecular formula is C14H19NO2. The largest absolute Gasteiger partial charge is 0.468 e. The van der Waals surface area contributed by atoms with Crippen molar-refractivity contribution in [2.75, 3.05) is 13.7 Å². The molecule has 92 valence electrons. The number of methoxy groups -OCH3 is 1. The average molecular weight is 233 g/mol. The van der Waals surface area contributed by atoms with Gasteiger partial charge in [0.05, 0.1) is 7.11 Å². The van der Waals surface area contributed by atoms with Gasteiger partial charge in [-0.25, -0.2) is 0 Å². The number of esters is 1. The number of benzene rings is 1. The standard InChI is InChI=1S/C14H19NO2/c1-3-4-10-15-13(14(16)17-2)11-12-8-6-5-7-9-12/h3,5-9,13,15H,1,4,10-11H2,2H3/t13-/m1/s1. The fourth-order valence-electron chi connectivity index (χ4n) is 1.59. The molecule has 0 saturated carbocycles. The lowest BCUT2D eigenvalue weighted by Gasteiger charge is -2.16. The first-order valence-corrected chi connectivity index (χ1v) is 5.74. The minimum absolute atomic E-state index is 0.224. The van der Waals surface area contributed by atoms with Crippen molar-refractivity contribution in [2.45, 2.75) is 18.9 Å². The molecule has 0 amide bonds. The van der Waals surface area contributed by atoms with Crippen LogP contribution in [0.4, 0.5) is 0 Å². The molecule has 1 aromatic rings. The molecule has 3 heteroatoms. The van der Waals surface area contributed by atoms with E-state index in [1.807, 2.05) is 36.4 Å². The van der Waals surface area contributed by atoms with E-state index in [0.717, 1.165) is 18.5 Å². The number of hydrogen-bond acceptors (Lipinski definition) is 3. The highest BCUT2D eigenvalue weighted by molar-refractivity contribution is 5.76. The van der Waals surface area contributed by atoms with Crippen LogP contribution in [0.2, 0.25) is 0 Å². The van der Waals surface area contributed by atoms with Crippen molar-refractivity contribution in [3.05, 3.63) is 48.6 Å². The summed E-state index contributed by atoms with van der Waals surface area (Å²) in [6.45, 7) is 4.38. The predicted molar refractivity (Wildman–Crippen MR) is 68.8 cm³/mol. The van der Waals surface area contributed by atoms with Gasteiger partial charge in [0, 0.05) is 0 Å². The molecule has 0 saturated heterocycles. The van der Waals surface area contributed by atoms with Gasteiger partial charge in [-0.1, -0.05) is 36.4 Å². The number of ether oxygens (including phenoxy) is 1. The Morgan fingerprint density at radius 3 is 2.76 bits per heavy atom. The minimum atomic E-state index is -0.289. The van der Waals surface area contributed by atoms with Crippen LogP contribution in [0.5, 0.6) is 0 Å². The lowest BCUT2D eigenvalue weighted by Crippen LogP contribution is -2.39. The van der Waals surface area contributed by atoms with Gasteiger partial charge in [-0.3, -0.25) is 4.79 Å². The van der Waals surface area contributed by atoms with Gasteiger partial charge in [0.25, 0.3) is 0 Å². The van der Waals surface area contributed by atoms with Crippen molar-refractivity contribution >= 4 is 5.97 Å². The number of hydrogen-bond donors (Lipinski definition) is 1. The molecule has 0 fully saturated rings. The maximum atomic E-state index is 11.6. The predicted octanol–water partition coefficient (Wildman–Crippen LogP) is 1.94. The molecule has 0 aliphatic rings. The van der Waals surface area contributed by atoms with Gasteiger partial charge in [-0.05, 0) is 24.9 Å². The third-order valence-electron chi connectivity index (χ3n) is 2.51. The van der Waals surface area contributed by atoms with Crippen molar-refractivity contribution in [3.8, 4) is 0 Å². The average Bonchev–Trinajstić information content (AvgIpc) is 2.38. The monoisotopic (exact) mass is 233 g/mol. The molecule has 1 N–H and O–H groups in total. The van der Waals surface area contributed by atoms with Crippen LogP contribution in [0, 0.1) is 0 Å². The molecule has 1 atom stereocenters. The van der Waals surface area contributed by atoms with Crippen LogP contribution < -0.4 is 5.32 Å². The first-order chi connectivity index (χ1) is 8.27. The topological polar surface area (TPSA) is 38.3 Å². The highest BCUT2D eigenvalue weighted by atomic mass is 16.5. The third-order valence-corrected chi connectivity index (χ3v) is 2.51. The maximum Gasteiger partial charge on any atom is 0.323 e. The van der Waals surface area contributed by atoms with Crippen LogP contribution in [0.1, 0.15) is 12.0 Å². The van der Waals surface area contributed by atoms with E-state index in [-0.39, 0.29) is 12.0 Å². The second-order valence-electron chi connectivity index (χ2n) is 3.80. The molecule has 0 radical (unpaired) electrons. The Kier molecular flexibility index (Phi) is 6.04. The van der Waals surface area contributed by atoms with Crippen molar-refractivity contribution in [3.63, 3.8) is 0 Å². The Morgan fingerprint density at radius 1 is 1.47 bits per heavy atom. The summed E-state index contributed by atoms with van der Waals surface area (Å²) in [6, 6.07) is 9.61. The normalized spacial score (nSPS) is 11.8. The minimum Gasteiger partial charge on any atom is -0.468 e. The Morgan fingerprint density at radius 2 is 2.18 bits per heavy atom. The first kappa shape index (κ1) is 13.5. The molecule has 0 heterocycles. The Labute approximate surface area is 102 Å². The zero-order valence-electron chi connectivity index (χ0n) is 10.2. The second-order valence-corrected chi connectivity index (χ2v) is 3.80. The SMILES string of the molecule is C=CCCN[C@H](Cc1ccccc1)C(=O)OC. The highest BCUT2D eigenvalue weighted by Crippen LogP contribution is 2.04. The van der Waals surface area contributed by atoms with E-state index in [1.165, 1.54) is 7.11 Å². The van der Waals surface area contributed by atoms with E-state index in [4.69, 9.17) is 4.74 Å². The smallest absolute Gasteiger partial charge is 0.323 e. The number of rotatable bonds is 7. The quantitative estimate of drug-likeness (QED) is 0.444. The van der Waals surface area contributed by atoms with Gasteiger partial charge in [0.1, 0.15) is 6.04 Å². The van der Waals surface area contributed by atoms with Crippen LogP contribution >= 0.6 is 0 Å². The van der Waals surface area contributed by atoms with Crippen molar-refractivity contribution in [2.24, 2.45) is 0 Å². The van der Waals surface area contributed by atoms with Crippen molar-refractivity contribution < 1.29 is 9.53 Å². The Hall–Kier alpha value is -1.61. The molecule has 17 heavy (non-hydrogen) atoms. The van der Waals surface area contributed by atoms with Crippen LogP contribution in [0.15, 0.2) is 43.0 Å². The molecule has 0 unspecified atom stereocenters. The number of carbonyl (C=O) groups excluding carboxylic acids is 1. The van der Waals surface area contributed by atoms with Crippen LogP contribution in [-0.2, 0) is 16.0 Å². The van der Waals surface area contributed by atoms with Gasteiger partial charge in [-0.15, -0.1) is 6.58 Å². The lowest BCUT2D eigenvalue weighted by molar-refractivity contribution is -0.143. The summed E-state index contributed by atoms with van der Waals surface area (Å²) in [5.41, 5.74) is 1.12. The third kappa shape index (κ3) is 4.83. The molecule has 0 spiro atoms. The Bertz CT molecular complexity index is 348. The van der Waals surface area contributed by atoms with Crippen LogP contribution in [0.3, 0.4) is 0 Å². The molecule has 0 aromatic heterocycles. The van der Waals surface area contributed by atoms with E-state index in [1.54, 1.807) is 0 Å². The molecule has 3 nitrogen and oxygen atoms in total. The Balaban J connectivity index is 2.57. The van der Waals surface area contributed by atoms with Gasteiger partial charge in [0.15, 0.2) is 0 Å². The molecule has 0 aliphatic carbocycles. The van der Waals surface area contributed by atoms with Crippen molar-refractivity contribution in [1.82, 2.24) is 5.32 Å². The first-order valence-electron chi connectivity index (χ1n) is 5.74. The van der Waals surface area contributed by atoms with E-state index < -0.39 is 0 Å². The van der Waals surface area contributed by atoms with E-state index >= 15 is 0 Å². The molecule has 0 aliphatic heterocycles. The summed E-state index contributed by atoms with van der Waals surface area (Å²) in [7, 11) is 1.41. The lowest BCUT2D eigenvalue weighted by atomic mass is 10.1. The fourth-order valence-corrected chi connectivity index (χ4v) is 1.59. The highest BCUT2D eigenvalue weighted by Gasteiger charge is 2.18. The summed E-state index contributed by atoms with van der Waals surface area (Å²) in [5, 5.41) is 3.17. The summed E-state index contributed by atoms with van der Waals surface area (Å²) in [4.78, 5) is 11.6. The van der Waals surface area contributed by atoms with Gasteiger partial charge >= 0.3 is 5.97 Å². The summed E-state index contributed by atoms with van der Waals surface area (Å²) >= 11 is 0. The molecule has 1 rings (SSSR count). The zero-order chi connectivity index (χ0) is 12.5. The summed E-state index contributed by atoms with van der Waals surface area (Å²) < 4.78 is 4.79. The summed E-state index contributed by atoms with van der Waals surface area (Å²) in [6.07, 6.45) is 3.30. The van der Waals surface area contributed by atoms with Crippen LogP contribution in [0.25, 0.3) is 0 Å². The maximum absolute atomic E-state index is 11.6. The van der Waals surface area contributed by atoms with Crippen LogP contribution in [-0.4, -0.2) is 25.7 Å². The van der Waals surface area contributed by atoms with E-state index in [0.29, 0.717) is 6.42 Å². The number of carbonyl (C=O) groups is 1. The second kappa shape index (κ2) is 7.63. The molecule has 1 aromatic carbocycles. The molecular weight excluding hydrogens is 214 g/mol.